The van der Waals surface area contributed by atoms with Crippen LogP contribution in [-0.4, -0.2) is 52.9 Å². The van der Waals surface area contributed by atoms with Crippen LogP contribution in [0.15, 0.2) is 12.2 Å². The second-order valence-electron chi connectivity index (χ2n) is 7.69. The lowest BCUT2D eigenvalue weighted by molar-refractivity contribution is -0.190. The zero-order chi connectivity index (χ0) is 18.5. The first-order valence-corrected chi connectivity index (χ1v) is 8.62. The normalized spacial score (nSPS) is 41.6. The maximum absolute atomic E-state index is 12.5. The van der Waals surface area contributed by atoms with Crippen LogP contribution in [0.1, 0.15) is 33.1 Å². The highest BCUT2D eigenvalue weighted by atomic mass is 16.6. The van der Waals surface area contributed by atoms with Gasteiger partial charge in [-0.15, -0.1) is 0 Å². The zero-order valence-corrected chi connectivity index (χ0v) is 14.4. The zero-order valence-electron chi connectivity index (χ0n) is 14.4. The number of fused-ring (bicyclic) bond motifs is 3. The lowest BCUT2D eigenvalue weighted by Crippen LogP contribution is -2.60. The lowest BCUT2D eigenvalue weighted by atomic mass is 9.54. The number of hydrogen-bond acceptors (Lipinski definition) is 7. The Labute approximate surface area is 146 Å². The van der Waals surface area contributed by atoms with Crippen LogP contribution in [0.2, 0.25) is 0 Å². The van der Waals surface area contributed by atoms with Gasteiger partial charge in [0.05, 0.1) is 30.5 Å². The van der Waals surface area contributed by atoms with Crippen molar-refractivity contribution in [2.24, 2.45) is 23.2 Å². The number of carbonyl (C=O) groups is 3. The van der Waals surface area contributed by atoms with Gasteiger partial charge in [0.25, 0.3) is 0 Å². The number of aliphatic hydroxyl groups excluding tert-OH is 2. The van der Waals surface area contributed by atoms with Crippen molar-refractivity contribution >= 4 is 17.7 Å². The summed E-state index contributed by atoms with van der Waals surface area (Å²) in [7, 11) is 0. The molecule has 25 heavy (non-hydrogen) atoms. The molecule has 3 aliphatic rings. The molecule has 7 heteroatoms. The Bertz CT molecular complexity index is 627. The van der Waals surface area contributed by atoms with Crippen LogP contribution in [0.25, 0.3) is 0 Å². The summed E-state index contributed by atoms with van der Waals surface area (Å²) in [5, 5.41) is 19.7. The summed E-state index contributed by atoms with van der Waals surface area (Å²) in [4.78, 5) is 36.8. The van der Waals surface area contributed by atoms with Crippen molar-refractivity contribution < 1.29 is 34.1 Å². The largest absolute Gasteiger partial charge is 0.461 e. The van der Waals surface area contributed by atoms with Crippen LogP contribution in [0, 0.1) is 23.2 Å². The Morgan fingerprint density at radius 2 is 2.16 bits per heavy atom. The van der Waals surface area contributed by atoms with Crippen molar-refractivity contribution in [1.29, 1.82) is 0 Å². The first-order chi connectivity index (χ1) is 11.7. The molecule has 0 amide bonds. The molecular formula is C18H24O7. The molecule has 2 N–H and O–H groups in total. The van der Waals surface area contributed by atoms with Crippen LogP contribution < -0.4 is 0 Å². The molecule has 0 spiro atoms. The van der Waals surface area contributed by atoms with Crippen LogP contribution in [-0.2, 0) is 23.9 Å². The molecule has 0 aromatic carbocycles. The molecule has 7 atom stereocenters. The average molecular weight is 352 g/mol. The van der Waals surface area contributed by atoms with E-state index in [1.807, 2.05) is 0 Å². The summed E-state index contributed by atoms with van der Waals surface area (Å²) >= 11 is 0. The molecule has 3 rings (SSSR count). The van der Waals surface area contributed by atoms with Crippen molar-refractivity contribution in [3.05, 3.63) is 12.2 Å². The van der Waals surface area contributed by atoms with E-state index in [1.165, 1.54) is 6.92 Å². The van der Waals surface area contributed by atoms with E-state index in [1.54, 1.807) is 6.92 Å². The fraction of sp³-hybridized carbons (Fsp3) is 0.722. The molecule has 0 radical (unpaired) electrons. The molecule has 0 unspecified atom stereocenters. The van der Waals surface area contributed by atoms with Crippen LogP contribution >= 0.6 is 0 Å². The Morgan fingerprint density at radius 1 is 1.48 bits per heavy atom. The molecule has 2 saturated carbocycles. The molecule has 0 aromatic rings. The first kappa shape index (κ1) is 18.1. The molecule has 138 valence electrons. The average Bonchev–Trinajstić information content (AvgIpc) is 2.85. The number of carbonyl (C=O) groups excluding carboxylic acids is 3. The van der Waals surface area contributed by atoms with Gasteiger partial charge in [0, 0.05) is 17.4 Å². The molecule has 0 aromatic heterocycles. The second kappa shape index (κ2) is 6.21. The van der Waals surface area contributed by atoms with Crippen molar-refractivity contribution in [3.63, 3.8) is 0 Å². The molecule has 1 saturated heterocycles. The first-order valence-electron chi connectivity index (χ1n) is 8.62. The maximum atomic E-state index is 12.5. The van der Waals surface area contributed by atoms with Crippen LogP contribution in [0.5, 0.6) is 0 Å². The van der Waals surface area contributed by atoms with Gasteiger partial charge in [-0.3, -0.25) is 9.59 Å². The molecule has 3 fully saturated rings. The van der Waals surface area contributed by atoms with E-state index in [0.29, 0.717) is 6.42 Å². The third-order valence-corrected chi connectivity index (χ3v) is 6.06. The smallest absolute Gasteiger partial charge is 0.334 e. The van der Waals surface area contributed by atoms with Gasteiger partial charge >= 0.3 is 11.9 Å². The SMILES string of the molecule is C=C1C(=O)O[C@H]2[C@H]1[C@@H](OC(=O)[C@@H](C)CO)C[C@@]1(C)[C@H](O)CCC(=O)[C@H]21. The summed E-state index contributed by atoms with van der Waals surface area (Å²) in [5.41, 5.74) is -0.649. The Balaban J connectivity index is 1.96. The van der Waals surface area contributed by atoms with Gasteiger partial charge in [0.1, 0.15) is 18.0 Å². The van der Waals surface area contributed by atoms with E-state index in [4.69, 9.17) is 14.6 Å². The summed E-state index contributed by atoms with van der Waals surface area (Å²) < 4.78 is 11.0. The van der Waals surface area contributed by atoms with Crippen molar-refractivity contribution in [1.82, 2.24) is 0 Å². The maximum Gasteiger partial charge on any atom is 0.334 e. The monoisotopic (exact) mass is 352 g/mol. The minimum Gasteiger partial charge on any atom is -0.461 e. The fourth-order valence-corrected chi connectivity index (χ4v) is 4.49. The summed E-state index contributed by atoms with van der Waals surface area (Å²) in [5.74, 6) is -3.16. The Morgan fingerprint density at radius 3 is 2.80 bits per heavy atom. The van der Waals surface area contributed by atoms with Gasteiger partial charge in [0.2, 0.25) is 0 Å². The second-order valence-corrected chi connectivity index (χ2v) is 7.69. The summed E-state index contributed by atoms with van der Waals surface area (Å²) in [6, 6.07) is 0. The molecular weight excluding hydrogens is 328 g/mol. The number of hydrogen-bond donors (Lipinski definition) is 2. The van der Waals surface area contributed by atoms with Gasteiger partial charge in [0.15, 0.2) is 0 Å². The van der Waals surface area contributed by atoms with E-state index in [9.17, 15) is 19.5 Å². The predicted octanol–water partition coefficient (Wildman–Crippen LogP) is 0.374. The number of ketones is 1. The fourth-order valence-electron chi connectivity index (χ4n) is 4.49. The summed E-state index contributed by atoms with van der Waals surface area (Å²) in [6.07, 6.45) is -1.44. The van der Waals surface area contributed by atoms with Gasteiger partial charge in [-0.2, -0.15) is 0 Å². The molecule has 1 heterocycles. The Hall–Kier alpha value is -1.73. The number of Topliss-reactive ketones (excluding diaryl/α,β-unsaturated/α-hetero) is 1. The minimum atomic E-state index is -0.838. The van der Waals surface area contributed by atoms with Crippen molar-refractivity contribution in [2.75, 3.05) is 6.61 Å². The molecule has 7 nitrogen and oxygen atoms in total. The van der Waals surface area contributed by atoms with E-state index >= 15 is 0 Å². The minimum absolute atomic E-state index is 0.0428. The standard InChI is InChI=1S/C18H24O7/c1-8(7-19)16(22)24-11-6-18(3)12(21)5-4-10(20)14(18)15-13(11)9(2)17(23)25-15/h8,11-15,19,21H,2,4-7H2,1,3H3/t8-,11-,12+,13+,14+,15-,18-/m0/s1. The Kier molecular flexibility index (Phi) is 4.49. The van der Waals surface area contributed by atoms with Gasteiger partial charge < -0.3 is 19.7 Å². The molecule has 0 bridgehead atoms. The van der Waals surface area contributed by atoms with E-state index < -0.39 is 53.4 Å². The lowest BCUT2D eigenvalue weighted by Gasteiger charge is -2.52. The van der Waals surface area contributed by atoms with Crippen molar-refractivity contribution in [3.8, 4) is 0 Å². The van der Waals surface area contributed by atoms with E-state index in [2.05, 4.69) is 6.58 Å². The highest BCUT2D eigenvalue weighted by Crippen LogP contribution is 2.55. The quantitative estimate of drug-likeness (QED) is 0.558. The van der Waals surface area contributed by atoms with E-state index in [-0.39, 0.29) is 30.8 Å². The number of esters is 2. The highest BCUT2D eigenvalue weighted by molar-refractivity contribution is 5.93. The van der Waals surface area contributed by atoms with E-state index in [0.717, 1.165) is 0 Å². The summed E-state index contributed by atoms with van der Waals surface area (Å²) in [6.45, 7) is 6.72. The molecule has 2 aliphatic carbocycles. The van der Waals surface area contributed by atoms with Gasteiger partial charge in [-0.1, -0.05) is 13.5 Å². The van der Waals surface area contributed by atoms with Gasteiger partial charge in [-0.05, 0) is 19.8 Å². The number of aliphatic hydroxyl groups is 2. The van der Waals surface area contributed by atoms with Crippen LogP contribution in [0.4, 0.5) is 0 Å². The van der Waals surface area contributed by atoms with Crippen LogP contribution in [0.3, 0.4) is 0 Å². The molecule has 1 aliphatic heterocycles. The third-order valence-electron chi connectivity index (χ3n) is 6.06. The predicted molar refractivity (Wildman–Crippen MR) is 85.1 cm³/mol. The number of rotatable bonds is 3. The number of ether oxygens (including phenoxy) is 2. The highest BCUT2D eigenvalue weighted by Gasteiger charge is 2.64. The topological polar surface area (TPSA) is 110 Å². The van der Waals surface area contributed by atoms with Gasteiger partial charge in [-0.25, -0.2) is 4.79 Å². The van der Waals surface area contributed by atoms with Crippen molar-refractivity contribution in [2.45, 2.75) is 51.4 Å². The third kappa shape index (κ3) is 2.69.